The average molecular weight is 508 g/mol. The molecule has 0 unspecified atom stereocenters. The van der Waals surface area contributed by atoms with Crippen LogP contribution in [0.5, 0.6) is 5.75 Å². The predicted octanol–water partition coefficient (Wildman–Crippen LogP) is 5.34. The minimum absolute atomic E-state index is 0.0364. The third kappa shape index (κ3) is 5.35. The SMILES string of the molecule is CC(=O)c1cc(S(=O)(=O)N2c3ccc(C(C)(F)F)cc3CC[C@@H]2C)ccc1OCC1CCOCC1. The molecule has 0 N–H and O–H groups in total. The first-order valence-corrected chi connectivity index (χ1v) is 13.3. The third-order valence-electron chi connectivity index (χ3n) is 6.76. The molecule has 1 fully saturated rings. The standard InChI is InChI=1S/C26H31F2NO5S/c1-17-4-5-20-14-21(26(3,27)28)6-8-24(20)29(17)35(31,32)22-7-9-25(23(15-22)18(2)30)34-16-19-10-12-33-13-11-19/h6-9,14-15,17,19H,4-5,10-13,16H2,1-3H3/t17-/m0/s1. The Morgan fingerprint density at radius 1 is 1.14 bits per heavy atom. The molecule has 4 rings (SSSR count). The van der Waals surface area contributed by atoms with Gasteiger partial charge in [0.15, 0.2) is 5.78 Å². The van der Waals surface area contributed by atoms with Crippen molar-refractivity contribution in [3.8, 4) is 5.75 Å². The van der Waals surface area contributed by atoms with Gasteiger partial charge in [-0.2, -0.15) is 0 Å². The molecule has 0 spiro atoms. The second-order valence-electron chi connectivity index (χ2n) is 9.50. The number of alkyl halides is 2. The van der Waals surface area contributed by atoms with Gasteiger partial charge in [0.2, 0.25) is 0 Å². The largest absolute Gasteiger partial charge is 0.493 e. The lowest BCUT2D eigenvalue weighted by Gasteiger charge is -2.36. The molecule has 9 heteroatoms. The molecule has 2 aromatic rings. The van der Waals surface area contributed by atoms with Gasteiger partial charge < -0.3 is 9.47 Å². The van der Waals surface area contributed by atoms with Crippen molar-refractivity contribution in [2.75, 3.05) is 24.1 Å². The van der Waals surface area contributed by atoms with Crippen molar-refractivity contribution in [2.24, 2.45) is 5.92 Å². The zero-order chi connectivity index (χ0) is 25.4. The number of sulfonamides is 1. The van der Waals surface area contributed by atoms with Crippen LogP contribution in [0.2, 0.25) is 0 Å². The first kappa shape index (κ1) is 25.6. The van der Waals surface area contributed by atoms with Crippen molar-refractivity contribution in [1.82, 2.24) is 0 Å². The van der Waals surface area contributed by atoms with E-state index in [1.807, 2.05) is 0 Å². The molecule has 0 saturated carbocycles. The normalized spacial score (nSPS) is 19.3. The Labute approximate surface area is 205 Å². The molecular weight excluding hydrogens is 476 g/mol. The molecule has 2 aliphatic rings. The summed E-state index contributed by atoms with van der Waals surface area (Å²) in [4.78, 5) is 12.4. The fourth-order valence-electron chi connectivity index (χ4n) is 4.66. The Hall–Kier alpha value is -2.52. The van der Waals surface area contributed by atoms with Gasteiger partial charge >= 0.3 is 0 Å². The Morgan fingerprint density at radius 3 is 2.51 bits per heavy atom. The molecule has 0 amide bonds. The summed E-state index contributed by atoms with van der Waals surface area (Å²) >= 11 is 0. The number of carbonyl (C=O) groups excluding carboxylic acids is 1. The number of halogens is 2. The molecule has 35 heavy (non-hydrogen) atoms. The highest BCUT2D eigenvalue weighted by Gasteiger charge is 2.36. The summed E-state index contributed by atoms with van der Waals surface area (Å²) in [5.41, 5.74) is 1.01. The Morgan fingerprint density at radius 2 is 1.86 bits per heavy atom. The van der Waals surface area contributed by atoms with Crippen molar-refractivity contribution >= 4 is 21.5 Å². The van der Waals surface area contributed by atoms with Crippen LogP contribution in [0, 0.1) is 5.92 Å². The number of rotatable bonds is 7. The van der Waals surface area contributed by atoms with E-state index in [0.29, 0.717) is 55.6 Å². The number of anilines is 1. The van der Waals surface area contributed by atoms with E-state index in [4.69, 9.17) is 9.47 Å². The molecule has 1 saturated heterocycles. The van der Waals surface area contributed by atoms with Gasteiger partial charge in [0.05, 0.1) is 22.8 Å². The fraction of sp³-hybridized carbons (Fsp3) is 0.500. The maximum absolute atomic E-state index is 13.9. The summed E-state index contributed by atoms with van der Waals surface area (Å²) in [6, 6.07) is 8.06. The van der Waals surface area contributed by atoms with Crippen LogP contribution in [0.4, 0.5) is 14.5 Å². The summed E-state index contributed by atoms with van der Waals surface area (Å²) in [5.74, 6) is -2.65. The molecule has 1 atom stereocenters. The van der Waals surface area contributed by atoms with E-state index in [1.54, 1.807) is 6.92 Å². The smallest absolute Gasteiger partial charge is 0.270 e. The second-order valence-corrected chi connectivity index (χ2v) is 11.3. The van der Waals surface area contributed by atoms with Crippen LogP contribution in [0.15, 0.2) is 41.3 Å². The van der Waals surface area contributed by atoms with Crippen molar-refractivity contribution in [1.29, 1.82) is 0 Å². The predicted molar refractivity (Wildman–Crippen MR) is 129 cm³/mol. The average Bonchev–Trinajstić information content (AvgIpc) is 2.82. The van der Waals surface area contributed by atoms with Crippen LogP contribution < -0.4 is 9.04 Å². The van der Waals surface area contributed by atoms with Crippen LogP contribution in [-0.4, -0.2) is 40.1 Å². The number of ketones is 1. The summed E-state index contributed by atoms with van der Waals surface area (Å²) in [6.07, 6.45) is 2.75. The van der Waals surface area contributed by atoms with Gasteiger partial charge in [-0.15, -0.1) is 0 Å². The monoisotopic (exact) mass is 507 g/mol. The van der Waals surface area contributed by atoms with Crippen molar-refractivity contribution in [2.45, 2.75) is 63.3 Å². The highest BCUT2D eigenvalue weighted by Crippen LogP contribution is 2.39. The number of hydrogen-bond donors (Lipinski definition) is 0. The quantitative estimate of drug-likeness (QED) is 0.474. The number of benzene rings is 2. The Kier molecular flexibility index (Phi) is 7.20. The molecular formula is C26H31F2NO5S. The molecule has 2 heterocycles. The van der Waals surface area contributed by atoms with Gasteiger partial charge in [0, 0.05) is 31.7 Å². The zero-order valence-electron chi connectivity index (χ0n) is 20.2. The van der Waals surface area contributed by atoms with E-state index in [9.17, 15) is 22.0 Å². The van der Waals surface area contributed by atoms with Crippen LogP contribution in [0.1, 0.15) is 61.5 Å². The summed E-state index contributed by atoms with van der Waals surface area (Å²) < 4.78 is 67.8. The molecule has 0 bridgehead atoms. The number of fused-ring (bicyclic) bond motifs is 1. The lowest BCUT2D eigenvalue weighted by molar-refractivity contribution is 0.0174. The number of hydrogen-bond acceptors (Lipinski definition) is 5. The minimum atomic E-state index is -4.06. The second kappa shape index (κ2) is 9.85. The van der Waals surface area contributed by atoms with E-state index >= 15 is 0 Å². The van der Waals surface area contributed by atoms with Gasteiger partial charge in [0.1, 0.15) is 5.75 Å². The van der Waals surface area contributed by atoms with Gasteiger partial charge in [-0.3, -0.25) is 9.10 Å². The number of aryl methyl sites for hydroxylation is 1. The molecule has 2 aromatic carbocycles. The van der Waals surface area contributed by atoms with Crippen molar-refractivity contribution < 1.29 is 31.5 Å². The summed E-state index contributed by atoms with van der Waals surface area (Å²) in [5, 5.41) is 0. The molecule has 2 aliphatic heterocycles. The minimum Gasteiger partial charge on any atom is -0.493 e. The number of Topliss-reactive ketones (excluding diaryl/α,β-unsaturated/α-hetero) is 1. The van der Waals surface area contributed by atoms with Crippen LogP contribution in [0.3, 0.4) is 0 Å². The van der Waals surface area contributed by atoms with E-state index < -0.39 is 15.9 Å². The maximum atomic E-state index is 13.9. The first-order valence-electron chi connectivity index (χ1n) is 11.9. The third-order valence-corrected chi connectivity index (χ3v) is 8.68. The molecule has 0 aromatic heterocycles. The number of nitrogens with zero attached hydrogens (tertiary/aromatic N) is 1. The highest BCUT2D eigenvalue weighted by molar-refractivity contribution is 7.92. The van der Waals surface area contributed by atoms with Gasteiger partial charge in [-0.25, -0.2) is 17.2 Å². The summed E-state index contributed by atoms with van der Waals surface area (Å²) in [6.45, 7) is 5.77. The van der Waals surface area contributed by atoms with E-state index in [1.165, 1.54) is 47.6 Å². The molecule has 190 valence electrons. The zero-order valence-corrected chi connectivity index (χ0v) is 21.0. The van der Waals surface area contributed by atoms with E-state index in [2.05, 4.69) is 0 Å². The van der Waals surface area contributed by atoms with Gasteiger partial charge in [-0.05, 0) is 81.3 Å². The van der Waals surface area contributed by atoms with E-state index in [-0.39, 0.29) is 27.8 Å². The molecule has 0 aliphatic carbocycles. The molecule has 6 nitrogen and oxygen atoms in total. The maximum Gasteiger partial charge on any atom is 0.270 e. The fourth-order valence-corrected chi connectivity index (χ4v) is 6.41. The van der Waals surface area contributed by atoms with Crippen LogP contribution >= 0.6 is 0 Å². The van der Waals surface area contributed by atoms with Gasteiger partial charge in [-0.1, -0.05) is 6.07 Å². The van der Waals surface area contributed by atoms with E-state index in [0.717, 1.165) is 19.8 Å². The summed E-state index contributed by atoms with van der Waals surface area (Å²) in [7, 11) is -4.06. The lowest BCUT2D eigenvalue weighted by Crippen LogP contribution is -2.42. The van der Waals surface area contributed by atoms with Gasteiger partial charge in [0.25, 0.3) is 15.9 Å². The Balaban J connectivity index is 1.66. The number of carbonyl (C=O) groups is 1. The van der Waals surface area contributed by atoms with Crippen molar-refractivity contribution in [3.05, 3.63) is 53.1 Å². The lowest BCUT2D eigenvalue weighted by atomic mass is 9.95. The van der Waals surface area contributed by atoms with Crippen LogP contribution in [-0.2, 0) is 27.1 Å². The Bertz CT molecular complexity index is 1200. The number of ether oxygens (including phenoxy) is 2. The van der Waals surface area contributed by atoms with Crippen LogP contribution in [0.25, 0.3) is 0 Å². The molecule has 0 radical (unpaired) electrons. The van der Waals surface area contributed by atoms with Crippen molar-refractivity contribution in [3.63, 3.8) is 0 Å². The highest BCUT2D eigenvalue weighted by atomic mass is 32.2. The topological polar surface area (TPSA) is 72.9 Å². The first-order chi connectivity index (χ1) is 16.5.